The first-order chi connectivity index (χ1) is 9.25. The van der Waals surface area contributed by atoms with E-state index in [1.807, 2.05) is 19.1 Å². The summed E-state index contributed by atoms with van der Waals surface area (Å²) < 4.78 is 0. The van der Waals surface area contributed by atoms with Crippen molar-refractivity contribution < 1.29 is 4.79 Å². The number of aromatic nitrogens is 1. The van der Waals surface area contributed by atoms with Crippen molar-refractivity contribution in [1.29, 1.82) is 0 Å². The predicted octanol–water partition coefficient (Wildman–Crippen LogP) is 1.36. The first kappa shape index (κ1) is 13.7. The summed E-state index contributed by atoms with van der Waals surface area (Å²) in [6, 6.07) is 3.87. The van der Waals surface area contributed by atoms with E-state index in [0.29, 0.717) is 6.42 Å². The lowest BCUT2D eigenvalue weighted by Crippen LogP contribution is -2.28. The average Bonchev–Trinajstić information content (AvgIpc) is 2.43. The molecule has 0 saturated carbocycles. The smallest absolute Gasteiger partial charge is 0.226 e. The molecule has 0 aliphatic carbocycles. The summed E-state index contributed by atoms with van der Waals surface area (Å²) in [5.41, 5.74) is 3.37. The van der Waals surface area contributed by atoms with Gasteiger partial charge in [0.25, 0.3) is 0 Å². The number of hydrogen-bond donors (Lipinski definition) is 2. The van der Waals surface area contributed by atoms with Gasteiger partial charge in [0.1, 0.15) is 0 Å². The van der Waals surface area contributed by atoms with Gasteiger partial charge in [0.2, 0.25) is 5.91 Å². The zero-order valence-corrected chi connectivity index (χ0v) is 11.4. The number of nitrogens with zero attached hydrogens (tertiary/aromatic N) is 1. The number of hydrogen-bond acceptors (Lipinski definition) is 3. The first-order valence-corrected chi connectivity index (χ1v) is 6.81. The van der Waals surface area contributed by atoms with Crippen LogP contribution in [0.2, 0.25) is 0 Å². The van der Waals surface area contributed by atoms with E-state index in [1.54, 1.807) is 6.20 Å². The number of amides is 1. The van der Waals surface area contributed by atoms with E-state index in [0.717, 1.165) is 43.7 Å². The Morgan fingerprint density at radius 2 is 2.42 bits per heavy atom. The number of aryl methyl sites for hydroxylation is 1. The van der Waals surface area contributed by atoms with Crippen LogP contribution in [-0.2, 0) is 11.2 Å². The van der Waals surface area contributed by atoms with E-state index in [4.69, 9.17) is 0 Å². The first-order valence-electron chi connectivity index (χ1n) is 6.81. The molecule has 0 unspecified atom stereocenters. The Kier molecular flexibility index (Phi) is 5.10. The molecule has 4 nitrogen and oxygen atoms in total. The molecule has 0 fully saturated rings. The number of rotatable bonds is 5. The molecule has 0 bridgehead atoms. The molecule has 2 rings (SSSR count). The zero-order valence-electron chi connectivity index (χ0n) is 11.4. The van der Waals surface area contributed by atoms with Crippen LogP contribution in [0.3, 0.4) is 0 Å². The molecule has 1 aromatic rings. The number of pyridine rings is 1. The minimum absolute atomic E-state index is 0.0522. The van der Waals surface area contributed by atoms with Gasteiger partial charge in [0.05, 0.1) is 12.1 Å². The van der Waals surface area contributed by atoms with Gasteiger partial charge in [-0.2, -0.15) is 0 Å². The van der Waals surface area contributed by atoms with Gasteiger partial charge < -0.3 is 10.6 Å². The molecule has 1 aliphatic heterocycles. The van der Waals surface area contributed by atoms with Crippen LogP contribution in [0.5, 0.6) is 0 Å². The Labute approximate surface area is 114 Å². The molecule has 1 amide bonds. The molecule has 0 aromatic carbocycles. The van der Waals surface area contributed by atoms with Gasteiger partial charge in [0, 0.05) is 19.3 Å². The molecule has 4 heteroatoms. The van der Waals surface area contributed by atoms with Gasteiger partial charge in [0.15, 0.2) is 0 Å². The number of carbonyl (C=O) groups is 1. The molecule has 19 heavy (non-hydrogen) atoms. The average molecular weight is 259 g/mol. The second-order valence-electron chi connectivity index (χ2n) is 4.86. The Balaban J connectivity index is 1.73. The van der Waals surface area contributed by atoms with Crippen LogP contribution in [0.1, 0.15) is 24.1 Å². The van der Waals surface area contributed by atoms with E-state index in [1.165, 1.54) is 5.57 Å². The maximum atomic E-state index is 11.8. The van der Waals surface area contributed by atoms with Crippen molar-refractivity contribution in [3.8, 4) is 0 Å². The van der Waals surface area contributed by atoms with Crippen LogP contribution >= 0.6 is 0 Å². The van der Waals surface area contributed by atoms with Crippen molar-refractivity contribution in [2.45, 2.75) is 26.2 Å². The monoisotopic (exact) mass is 259 g/mol. The quantitative estimate of drug-likeness (QED) is 0.785. The van der Waals surface area contributed by atoms with E-state index >= 15 is 0 Å². The summed E-state index contributed by atoms with van der Waals surface area (Å²) >= 11 is 0. The third-order valence-electron chi connectivity index (χ3n) is 3.37. The van der Waals surface area contributed by atoms with E-state index in [9.17, 15) is 4.79 Å². The number of carbonyl (C=O) groups excluding carboxylic acids is 1. The van der Waals surface area contributed by atoms with Crippen molar-refractivity contribution in [2.24, 2.45) is 0 Å². The van der Waals surface area contributed by atoms with Crippen molar-refractivity contribution in [3.05, 3.63) is 41.2 Å². The lowest BCUT2D eigenvalue weighted by Gasteiger charge is -2.14. The predicted molar refractivity (Wildman–Crippen MR) is 75.9 cm³/mol. The maximum Gasteiger partial charge on any atom is 0.226 e. The summed E-state index contributed by atoms with van der Waals surface area (Å²) in [4.78, 5) is 16.1. The Morgan fingerprint density at radius 3 is 3.16 bits per heavy atom. The summed E-state index contributed by atoms with van der Waals surface area (Å²) in [5.74, 6) is 0.0522. The number of nitrogens with one attached hydrogen (secondary N) is 2. The highest BCUT2D eigenvalue weighted by atomic mass is 16.1. The van der Waals surface area contributed by atoms with Crippen molar-refractivity contribution in [3.63, 3.8) is 0 Å². The Bertz CT molecular complexity index is 468. The zero-order chi connectivity index (χ0) is 13.5. The van der Waals surface area contributed by atoms with Crippen LogP contribution in [0.4, 0.5) is 0 Å². The van der Waals surface area contributed by atoms with E-state index < -0.39 is 0 Å². The Morgan fingerprint density at radius 1 is 1.53 bits per heavy atom. The van der Waals surface area contributed by atoms with Crippen molar-refractivity contribution in [2.75, 3.05) is 19.6 Å². The maximum absolute atomic E-state index is 11.8. The minimum Gasteiger partial charge on any atom is -0.355 e. The molecule has 0 radical (unpaired) electrons. The third kappa shape index (κ3) is 4.48. The normalized spacial score (nSPS) is 14.9. The summed E-state index contributed by atoms with van der Waals surface area (Å²) in [6.07, 6.45) is 6.37. The largest absolute Gasteiger partial charge is 0.355 e. The fourth-order valence-electron chi connectivity index (χ4n) is 2.18. The molecule has 0 saturated heterocycles. The highest BCUT2D eigenvalue weighted by Crippen LogP contribution is 2.08. The molecule has 2 N–H and O–H groups in total. The van der Waals surface area contributed by atoms with Crippen LogP contribution in [0.25, 0.3) is 0 Å². The fraction of sp³-hybridized carbons (Fsp3) is 0.467. The van der Waals surface area contributed by atoms with Crippen LogP contribution < -0.4 is 10.6 Å². The lowest BCUT2D eigenvalue weighted by molar-refractivity contribution is -0.120. The van der Waals surface area contributed by atoms with Gasteiger partial charge in [-0.25, -0.2) is 0 Å². The Hall–Kier alpha value is -1.68. The molecule has 2 heterocycles. The van der Waals surface area contributed by atoms with Gasteiger partial charge in [-0.1, -0.05) is 17.7 Å². The van der Waals surface area contributed by atoms with E-state index in [-0.39, 0.29) is 5.91 Å². The second-order valence-corrected chi connectivity index (χ2v) is 4.86. The summed E-state index contributed by atoms with van der Waals surface area (Å²) in [7, 11) is 0. The summed E-state index contributed by atoms with van der Waals surface area (Å²) in [6.45, 7) is 4.70. The van der Waals surface area contributed by atoms with Crippen LogP contribution in [-0.4, -0.2) is 30.5 Å². The van der Waals surface area contributed by atoms with Crippen LogP contribution in [0, 0.1) is 6.92 Å². The lowest BCUT2D eigenvalue weighted by atomic mass is 10.1. The molecule has 1 aromatic heterocycles. The highest BCUT2D eigenvalue weighted by Gasteiger charge is 2.07. The second kappa shape index (κ2) is 7.04. The third-order valence-corrected chi connectivity index (χ3v) is 3.37. The molecule has 0 spiro atoms. The topological polar surface area (TPSA) is 54.0 Å². The van der Waals surface area contributed by atoms with Gasteiger partial charge in [-0.05, 0) is 37.9 Å². The molecule has 102 valence electrons. The highest BCUT2D eigenvalue weighted by molar-refractivity contribution is 5.78. The van der Waals surface area contributed by atoms with Crippen molar-refractivity contribution >= 4 is 5.91 Å². The van der Waals surface area contributed by atoms with Gasteiger partial charge in [-0.3, -0.25) is 9.78 Å². The standard InChI is InChI=1S/C15H21N3O/c1-12-3-2-7-17-14(12)11-15(19)18-10-6-13-4-8-16-9-5-13/h2-4,7,16H,5-6,8-11H2,1H3,(H,18,19). The van der Waals surface area contributed by atoms with Crippen molar-refractivity contribution in [1.82, 2.24) is 15.6 Å². The molecule has 1 aliphatic rings. The van der Waals surface area contributed by atoms with Crippen LogP contribution in [0.15, 0.2) is 30.0 Å². The van der Waals surface area contributed by atoms with E-state index in [2.05, 4.69) is 21.7 Å². The SMILES string of the molecule is Cc1cccnc1CC(=O)NCCC1=CCNCC1. The van der Waals surface area contributed by atoms with Gasteiger partial charge >= 0.3 is 0 Å². The summed E-state index contributed by atoms with van der Waals surface area (Å²) in [5, 5.41) is 6.25. The molecular weight excluding hydrogens is 238 g/mol. The fourth-order valence-corrected chi connectivity index (χ4v) is 2.18. The molecular formula is C15H21N3O. The van der Waals surface area contributed by atoms with Gasteiger partial charge in [-0.15, -0.1) is 0 Å². The minimum atomic E-state index is 0.0522. The molecule has 0 atom stereocenters.